The summed E-state index contributed by atoms with van der Waals surface area (Å²) in [5.41, 5.74) is 0.791. The van der Waals surface area contributed by atoms with Crippen LogP contribution in [0.15, 0.2) is 24.9 Å². The number of aliphatic carboxylic acids is 1. The van der Waals surface area contributed by atoms with Gasteiger partial charge in [0.25, 0.3) is 0 Å². The van der Waals surface area contributed by atoms with Gasteiger partial charge < -0.3 is 14.7 Å². The van der Waals surface area contributed by atoms with Crippen molar-refractivity contribution in [3.63, 3.8) is 0 Å². The topological polar surface area (TPSA) is 84.7 Å². The number of nitrogens with zero attached hydrogens (tertiary/aromatic N) is 3. The van der Waals surface area contributed by atoms with Crippen molar-refractivity contribution < 1.29 is 19.4 Å². The van der Waals surface area contributed by atoms with Gasteiger partial charge in [0.05, 0.1) is 24.7 Å². The standard InChI is InChI=1S/C12H15N3O4/c1-2-5-19-12(18)14-6-9(11(16)17)7-15-10(8-14)3-4-13-15/h2-4,9H,1,5-8H2,(H,16,17). The van der Waals surface area contributed by atoms with Crippen LogP contribution in [0.3, 0.4) is 0 Å². The quantitative estimate of drug-likeness (QED) is 0.814. The fraction of sp³-hybridized carbons (Fsp3) is 0.417. The molecule has 1 amide bonds. The van der Waals surface area contributed by atoms with E-state index in [0.717, 1.165) is 5.69 Å². The van der Waals surface area contributed by atoms with Gasteiger partial charge in [0, 0.05) is 12.7 Å². The van der Waals surface area contributed by atoms with Crippen LogP contribution in [0.4, 0.5) is 4.79 Å². The van der Waals surface area contributed by atoms with Crippen LogP contribution in [0.25, 0.3) is 0 Å². The van der Waals surface area contributed by atoms with Gasteiger partial charge in [-0.05, 0) is 6.07 Å². The van der Waals surface area contributed by atoms with Crippen molar-refractivity contribution in [2.24, 2.45) is 5.92 Å². The molecule has 1 aromatic rings. The van der Waals surface area contributed by atoms with Gasteiger partial charge in [0.1, 0.15) is 6.61 Å². The van der Waals surface area contributed by atoms with Crippen molar-refractivity contribution in [3.05, 3.63) is 30.6 Å². The van der Waals surface area contributed by atoms with E-state index in [2.05, 4.69) is 11.7 Å². The minimum absolute atomic E-state index is 0.104. The first kappa shape index (κ1) is 13.1. The fourth-order valence-corrected chi connectivity index (χ4v) is 1.97. The lowest BCUT2D eigenvalue weighted by atomic mass is 10.1. The molecule has 0 aliphatic carbocycles. The monoisotopic (exact) mass is 265 g/mol. The van der Waals surface area contributed by atoms with Gasteiger partial charge in [0.2, 0.25) is 0 Å². The number of hydrogen-bond acceptors (Lipinski definition) is 4. The van der Waals surface area contributed by atoms with Crippen molar-refractivity contribution in [3.8, 4) is 0 Å². The molecular formula is C12H15N3O4. The van der Waals surface area contributed by atoms with Gasteiger partial charge in [0.15, 0.2) is 0 Å². The lowest BCUT2D eigenvalue weighted by molar-refractivity contribution is -0.142. The second kappa shape index (κ2) is 5.55. The third-order valence-electron chi connectivity index (χ3n) is 2.92. The van der Waals surface area contributed by atoms with E-state index in [4.69, 9.17) is 9.84 Å². The molecule has 1 unspecified atom stereocenters. The number of ether oxygens (including phenoxy) is 1. The van der Waals surface area contributed by atoms with E-state index < -0.39 is 18.0 Å². The zero-order valence-corrected chi connectivity index (χ0v) is 10.4. The molecule has 1 aliphatic rings. The van der Waals surface area contributed by atoms with Gasteiger partial charge in [-0.15, -0.1) is 0 Å². The van der Waals surface area contributed by atoms with E-state index in [9.17, 15) is 9.59 Å². The van der Waals surface area contributed by atoms with E-state index >= 15 is 0 Å². The van der Waals surface area contributed by atoms with Crippen LogP contribution >= 0.6 is 0 Å². The molecule has 7 nitrogen and oxygen atoms in total. The van der Waals surface area contributed by atoms with E-state index in [0.29, 0.717) is 6.54 Å². The number of carbonyl (C=O) groups excluding carboxylic acids is 1. The maximum atomic E-state index is 11.8. The molecular weight excluding hydrogens is 250 g/mol. The van der Waals surface area contributed by atoms with E-state index in [1.807, 2.05) is 0 Å². The Balaban J connectivity index is 2.18. The molecule has 102 valence electrons. The Morgan fingerprint density at radius 2 is 2.37 bits per heavy atom. The Morgan fingerprint density at radius 3 is 3.05 bits per heavy atom. The molecule has 2 heterocycles. The number of amides is 1. The third-order valence-corrected chi connectivity index (χ3v) is 2.92. The number of carboxylic acid groups (broad SMARTS) is 1. The molecule has 0 saturated heterocycles. The van der Waals surface area contributed by atoms with Crippen LogP contribution in [0.1, 0.15) is 5.69 Å². The van der Waals surface area contributed by atoms with Crippen LogP contribution in [0, 0.1) is 5.92 Å². The normalized spacial score (nSPS) is 18.3. The van der Waals surface area contributed by atoms with Crippen LogP contribution in [-0.4, -0.2) is 45.0 Å². The predicted molar refractivity (Wildman–Crippen MR) is 65.3 cm³/mol. The van der Waals surface area contributed by atoms with Crippen molar-refractivity contribution in [1.82, 2.24) is 14.7 Å². The summed E-state index contributed by atoms with van der Waals surface area (Å²) >= 11 is 0. The summed E-state index contributed by atoms with van der Waals surface area (Å²) in [7, 11) is 0. The van der Waals surface area contributed by atoms with Crippen LogP contribution in [0.2, 0.25) is 0 Å². The minimum Gasteiger partial charge on any atom is -0.481 e. The van der Waals surface area contributed by atoms with E-state index in [-0.39, 0.29) is 19.7 Å². The highest BCUT2D eigenvalue weighted by atomic mass is 16.6. The lowest BCUT2D eigenvalue weighted by Crippen LogP contribution is -2.36. The van der Waals surface area contributed by atoms with Crippen molar-refractivity contribution in [1.29, 1.82) is 0 Å². The Hall–Kier alpha value is -2.31. The summed E-state index contributed by atoms with van der Waals surface area (Å²) in [5, 5.41) is 13.2. The van der Waals surface area contributed by atoms with Crippen LogP contribution in [0.5, 0.6) is 0 Å². The number of carboxylic acids is 1. The van der Waals surface area contributed by atoms with Gasteiger partial charge in [-0.3, -0.25) is 9.48 Å². The maximum Gasteiger partial charge on any atom is 0.410 e. The zero-order chi connectivity index (χ0) is 13.8. The van der Waals surface area contributed by atoms with E-state index in [1.165, 1.54) is 11.0 Å². The first-order chi connectivity index (χ1) is 9.11. The van der Waals surface area contributed by atoms with Gasteiger partial charge in [-0.1, -0.05) is 12.7 Å². The Kier molecular flexibility index (Phi) is 3.84. The minimum atomic E-state index is -0.954. The number of fused-ring (bicyclic) bond motifs is 1. The number of rotatable bonds is 3. The molecule has 19 heavy (non-hydrogen) atoms. The SMILES string of the molecule is C=CCOC(=O)N1Cc2ccnn2CC(C(=O)O)C1. The highest BCUT2D eigenvalue weighted by Gasteiger charge is 2.30. The van der Waals surface area contributed by atoms with Crippen LogP contribution in [-0.2, 0) is 22.6 Å². The Bertz CT molecular complexity index is 497. The molecule has 1 aromatic heterocycles. The van der Waals surface area contributed by atoms with Gasteiger partial charge in [-0.25, -0.2) is 4.79 Å². The summed E-state index contributed by atoms with van der Waals surface area (Å²) in [6, 6.07) is 1.76. The molecule has 0 radical (unpaired) electrons. The highest BCUT2D eigenvalue weighted by Crippen LogP contribution is 2.16. The smallest absolute Gasteiger partial charge is 0.410 e. The predicted octanol–water partition coefficient (Wildman–Crippen LogP) is 0.722. The van der Waals surface area contributed by atoms with Crippen molar-refractivity contribution >= 4 is 12.1 Å². The number of hydrogen-bond donors (Lipinski definition) is 1. The summed E-state index contributed by atoms with van der Waals surface area (Å²) in [4.78, 5) is 24.4. The molecule has 0 fully saturated rings. The van der Waals surface area contributed by atoms with Crippen molar-refractivity contribution in [2.45, 2.75) is 13.1 Å². The second-order valence-corrected chi connectivity index (χ2v) is 4.29. The molecule has 0 saturated carbocycles. The fourth-order valence-electron chi connectivity index (χ4n) is 1.97. The molecule has 7 heteroatoms. The second-order valence-electron chi connectivity index (χ2n) is 4.29. The number of aromatic nitrogens is 2. The maximum absolute atomic E-state index is 11.8. The van der Waals surface area contributed by atoms with Crippen molar-refractivity contribution in [2.75, 3.05) is 13.2 Å². The average molecular weight is 265 g/mol. The first-order valence-electron chi connectivity index (χ1n) is 5.88. The molecule has 1 aliphatic heterocycles. The lowest BCUT2D eigenvalue weighted by Gasteiger charge is -2.21. The van der Waals surface area contributed by atoms with Gasteiger partial charge in [-0.2, -0.15) is 5.10 Å². The molecule has 1 N–H and O–H groups in total. The molecule has 2 rings (SSSR count). The summed E-state index contributed by atoms with van der Waals surface area (Å²) in [5.74, 6) is -1.65. The Morgan fingerprint density at radius 1 is 1.58 bits per heavy atom. The first-order valence-corrected chi connectivity index (χ1v) is 5.88. The summed E-state index contributed by atoms with van der Waals surface area (Å²) in [6.07, 6.45) is 2.52. The molecule has 0 aromatic carbocycles. The molecule has 1 atom stereocenters. The molecule has 0 spiro atoms. The zero-order valence-electron chi connectivity index (χ0n) is 10.4. The van der Waals surface area contributed by atoms with Gasteiger partial charge >= 0.3 is 12.1 Å². The third kappa shape index (κ3) is 2.93. The average Bonchev–Trinajstić information content (AvgIpc) is 2.73. The Labute approximate surface area is 110 Å². The number of carbonyl (C=O) groups is 2. The van der Waals surface area contributed by atoms with Crippen LogP contribution < -0.4 is 0 Å². The summed E-state index contributed by atoms with van der Waals surface area (Å²) in [6.45, 7) is 4.22. The highest BCUT2D eigenvalue weighted by molar-refractivity contribution is 5.73. The largest absolute Gasteiger partial charge is 0.481 e. The molecule has 0 bridgehead atoms. The summed E-state index contributed by atoms with van der Waals surface area (Å²) < 4.78 is 6.56. The van der Waals surface area contributed by atoms with E-state index in [1.54, 1.807) is 16.9 Å².